The summed E-state index contributed by atoms with van der Waals surface area (Å²) < 4.78 is 8.88. The lowest BCUT2D eigenvalue weighted by Gasteiger charge is -2.12. The van der Waals surface area contributed by atoms with E-state index in [0.29, 0.717) is 49.7 Å². The Morgan fingerprint density at radius 1 is 1.16 bits per heavy atom. The van der Waals surface area contributed by atoms with E-state index in [-0.39, 0.29) is 24.3 Å². The molecule has 0 saturated heterocycles. The van der Waals surface area contributed by atoms with Gasteiger partial charge in [0.05, 0.1) is 6.10 Å². The fraction of sp³-hybridized carbons (Fsp3) is 0.727. The summed E-state index contributed by atoms with van der Waals surface area (Å²) in [6.07, 6.45) is 3.35. The van der Waals surface area contributed by atoms with Gasteiger partial charge in [-0.15, -0.1) is 0 Å². The number of nitrogens with one attached hydrogen (secondary N) is 2. The second-order valence-corrected chi connectivity index (χ2v) is 8.59. The summed E-state index contributed by atoms with van der Waals surface area (Å²) in [4.78, 5) is 44.3. The molecule has 2 aromatic heterocycles. The molecule has 0 bridgehead atoms. The summed E-state index contributed by atoms with van der Waals surface area (Å²) in [5, 5.41) is 2.90. The van der Waals surface area contributed by atoms with Gasteiger partial charge in [0.1, 0.15) is 5.82 Å². The third-order valence-electron chi connectivity index (χ3n) is 4.92. The smallest absolute Gasteiger partial charge is 0.330 e. The van der Waals surface area contributed by atoms with Crippen molar-refractivity contribution in [3.8, 4) is 0 Å². The van der Waals surface area contributed by atoms with Crippen molar-refractivity contribution in [3.05, 3.63) is 26.7 Å². The minimum Gasteiger partial charge on any atom is -0.379 e. The van der Waals surface area contributed by atoms with Crippen molar-refractivity contribution in [3.63, 3.8) is 0 Å². The van der Waals surface area contributed by atoms with E-state index < -0.39 is 11.2 Å². The number of aryl methyl sites for hydroxylation is 2. The van der Waals surface area contributed by atoms with Crippen LogP contribution in [-0.2, 0) is 29.0 Å². The lowest BCUT2D eigenvalue weighted by molar-refractivity contribution is -0.121. The first-order valence-electron chi connectivity index (χ1n) is 11.3. The molecule has 31 heavy (non-hydrogen) atoms. The van der Waals surface area contributed by atoms with Crippen LogP contribution in [-0.4, -0.2) is 44.3 Å². The number of carbonyl (C=O) groups is 1. The summed E-state index contributed by atoms with van der Waals surface area (Å²) in [7, 11) is 0. The maximum absolute atomic E-state index is 12.6. The largest absolute Gasteiger partial charge is 0.379 e. The maximum atomic E-state index is 12.6. The maximum Gasteiger partial charge on any atom is 0.330 e. The zero-order valence-electron chi connectivity index (χ0n) is 19.5. The van der Waals surface area contributed by atoms with E-state index in [4.69, 9.17) is 4.74 Å². The van der Waals surface area contributed by atoms with Crippen molar-refractivity contribution in [2.24, 2.45) is 5.92 Å². The topological polar surface area (TPSA) is 111 Å². The van der Waals surface area contributed by atoms with Gasteiger partial charge < -0.3 is 14.6 Å². The molecule has 0 aliphatic heterocycles. The van der Waals surface area contributed by atoms with Gasteiger partial charge in [0.15, 0.2) is 11.2 Å². The van der Waals surface area contributed by atoms with Crippen LogP contribution >= 0.6 is 0 Å². The number of hydrogen-bond donors (Lipinski definition) is 2. The molecule has 1 amide bonds. The molecule has 2 rings (SSSR count). The average Bonchev–Trinajstić information content (AvgIpc) is 3.03. The van der Waals surface area contributed by atoms with Crippen LogP contribution in [0.15, 0.2) is 9.59 Å². The minimum atomic E-state index is -0.437. The van der Waals surface area contributed by atoms with E-state index in [9.17, 15) is 14.4 Å². The number of amides is 1. The first kappa shape index (κ1) is 24.8. The number of carbonyl (C=O) groups excluding carboxylic acids is 1. The summed E-state index contributed by atoms with van der Waals surface area (Å²) in [5.74, 6) is 0.870. The SMILES string of the molecule is CCCCn1c(=O)[nH]c(=O)c2c1nc(CCC(=O)NCCCOC(C)C)n2CC(C)C. The lowest BCUT2D eigenvalue weighted by Crippen LogP contribution is -2.31. The third kappa shape index (κ3) is 7.05. The molecule has 9 heteroatoms. The highest BCUT2D eigenvalue weighted by Crippen LogP contribution is 2.16. The highest BCUT2D eigenvalue weighted by Gasteiger charge is 2.19. The minimum absolute atomic E-state index is 0.0648. The van der Waals surface area contributed by atoms with Gasteiger partial charge in [-0.3, -0.25) is 19.1 Å². The zero-order chi connectivity index (χ0) is 23.0. The molecule has 0 fully saturated rings. The molecule has 2 aromatic rings. The molecule has 0 radical (unpaired) electrons. The van der Waals surface area contributed by atoms with Gasteiger partial charge >= 0.3 is 5.69 Å². The van der Waals surface area contributed by atoms with Crippen molar-refractivity contribution < 1.29 is 9.53 Å². The number of imidazole rings is 1. The Morgan fingerprint density at radius 2 is 1.90 bits per heavy atom. The molecule has 9 nitrogen and oxygen atoms in total. The van der Waals surface area contributed by atoms with Crippen LogP contribution in [0.4, 0.5) is 0 Å². The summed E-state index contributed by atoms with van der Waals surface area (Å²) in [6, 6.07) is 0. The number of aromatic nitrogens is 4. The van der Waals surface area contributed by atoms with Crippen LogP contribution in [0, 0.1) is 5.92 Å². The molecule has 0 spiro atoms. The standard InChI is InChI=1S/C22H37N5O4/c1-6-7-12-26-20-19(21(29)25-22(26)30)27(14-15(2)3)17(24-20)9-10-18(28)23-11-8-13-31-16(4)5/h15-16H,6-14H2,1-5H3,(H,23,28)(H,25,29,30). The Kier molecular flexibility index (Phi) is 9.48. The van der Waals surface area contributed by atoms with Crippen molar-refractivity contribution in [1.82, 2.24) is 24.4 Å². The molecule has 0 aliphatic rings. The summed E-state index contributed by atoms with van der Waals surface area (Å²) in [6.45, 7) is 12.4. The number of ether oxygens (including phenoxy) is 1. The highest BCUT2D eigenvalue weighted by atomic mass is 16.5. The summed E-state index contributed by atoms with van der Waals surface area (Å²) >= 11 is 0. The number of fused-ring (bicyclic) bond motifs is 1. The first-order valence-corrected chi connectivity index (χ1v) is 11.3. The van der Waals surface area contributed by atoms with Gasteiger partial charge in [0.25, 0.3) is 5.56 Å². The molecule has 0 saturated carbocycles. The van der Waals surface area contributed by atoms with Crippen LogP contribution < -0.4 is 16.6 Å². The number of H-pyrrole nitrogens is 1. The number of nitrogens with zero attached hydrogens (tertiary/aromatic N) is 3. The van der Waals surface area contributed by atoms with E-state index in [1.54, 1.807) is 0 Å². The summed E-state index contributed by atoms with van der Waals surface area (Å²) in [5.41, 5.74) is -0.0513. The molecule has 174 valence electrons. The van der Waals surface area contributed by atoms with Crippen molar-refractivity contribution in [1.29, 1.82) is 0 Å². The Bertz CT molecular complexity index is 971. The lowest BCUT2D eigenvalue weighted by atomic mass is 10.2. The predicted octanol–water partition coefficient (Wildman–Crippen LogP) is 2.21. The Morgan fingerprint density at radius 3 is 2.55 bits per heavy atom. The zero-order valence-corrected chi connectivity index (χ0v) is 19.5. The van der Waals surface area contributed by atoms with E-state index >= 15 is 0 Å². The number of hydrogen-bond acceptors (Lipinski definition) is 5. The van der Waals surface area contributed by atoms with Gasteiger partial charge in [-0.05, 0) is 32.6 Å². The first-order chi connectivity index (χ1) is 14.7. The van der Waals surface area contributed by atoms with Gasteiger partial charge in [0, 0.05) is 39.1 Å². The Hall–Kier alpha value is -2.42. The monoisotopic (exact) mass is 435 g/mol. The predicted molar refractivity (Wildman–Crippen MR) is 121 cm³/mol. The Labute approximate surface area is 183 Å². The van der Waals surface area contributed by atoms with Crippen LogP contribution in [0.25, 0.3) is 11.2 Å². The van der Waals surface area contributed by atoms with E-state index in [1.807, 2.05) is 25.3 Å². The van der Waals surface area contributed by atoms with Crippen molar-refractivity contribution in [2.45, 2.75) is 85.9 Å². The van der Waals surface area contributed by atoms with Gasteiger partial charge in [-0.2, -0.15) is 0 Å². The molecule has 2 N–H and O–H groups in total. The molecule has 0 aliphatic carbocycles. The second kappa shape index (κ2) is 11.8. The van der Waals surface area contributed by atoms with Crippen LogP contribution in [0.1, 0.15) is 66.1 Å². The van der Waals surface area contributed by atoms with E-state index in [2.05, 4.69) is 29.1 Å². The third-order valence-corrected chi connectivity index (χ3v) is 4.92. The van der Waals surface area contributed by atoms with Gasteiger partial charge in [-0.25, -0.2) is 9.78 Å². The van der Waals surface area contributed by atoms with Gasteiger partial charge in [0.2, 0.25) is 5.91 Å². The average molecular weight is 436 g/mol. The molecule has 0 aromatic carbocycles. The Balaban J connectivity index is 2.20. The van der Waals surface area contributed by atoms with Gasteiger partial charge in [-0.1, -0.05) is 27.2 Å². The van der Waals surface area contributed by atoms with Crippen molar-refractivity contribution in [2.75, 3.05) is 13.2 Å². The normalized spacial score (nSPS) is 11.7. The second-order valence-electron chi connectivity index (χ2n) is 8.59. The quantitative estimate of drug-likeness (QED) is 0.469. The molecule has 0 unspecified atom stereocenters. The molecular weight excluding hydrogens is 398 g/mol. The molecule has 0 atom stereocenters. The number of unbranched alkanes of at least 4 members (excludes halogenated alkanes) is 1. The fourth-order valence-corrected chi connectivity index (χ4v) is 3.43. The van der Waals surface area contributed by atoms with Crippen LogP contribution in [0.5, 0.6) is 0 Å². The molecular formula is C22H37N5O4. The van der Waals surface area contributed by atoms with E-state index in [1.165, 1.54) is 4.57 Å². The number of aromatic amines is 1. The van der Waals surface area contributed by atoms with Crippen LogP contribution in [0.2, 0.25) is 0 Å². The molecule has 2 heterocycles. The van der Waals surface area contributed by atoms with E-state index in [0.717, 1.165) is 19.3 Å². The fourth-order valence-electron chi connectivity index (χ4n) is 3.43. The van der Waals surface area contributed by atoms with Crippen LogP contribution in [0.3, 0.4) is 0 Å². The van der Waals surface area contributed by atoms with Crippen molar-refractivity contribution >= 4 is 17.1 Å². The number of rotatable bonds is 13. The highest BCUT2D eigenvalue weighted by molar-refractivity contribution is 5.76.